The Hall–Kier alpha value is -1.52. The number of para-hydroxylation sites is 2. The van der Waals surface area contributed by atoms with E-state index in [1.165, 1.54) is 0 Å². The van der Waals surface area contributed by atoms with Crippen LogP contribution in [0.5, 0.6) is 11.5 Å². The largest absolute Gasteiger partial charge is 0.480 e. The molecular formula is C18H18BrClO3. The van der Waals surface area contributed by atoms with Crippen LogP contribution in [0.3, 0.4) is 0 Å². The molecule has 3 nitrogen and oxygen atoms in total. The van der Waals surface area contributed by atoms with Crippen LogP contribution in [0.1, 0.15) is 30.4 Å². The van der Waals surface area contributed by atoms with Crippen molar-refractivity contribution in [1.82, 2.24) is 0 Å². The number of carboxylic acids is 1. The first-order valence-corrected chi connectivity index (χ1v) is 8.48. The monoisotopic (exact) mass is 396 g/mol. The lowest BCUT2D eigenvalue weighted by molar-refractivity contribution is -0.142. The van der Waals surface area contributed by atoms with Gasteiger partial charge in [-0.05, 0) is 25.0 Å². The summed E-state index contributed by atoms with van der Waals surface area (Å²) in [6, 6.07) is 14.9. The van der Waals surface area contributed by atoms with Crippen LogP contribution in [-0.4, -0.2) is 16.4 Å². The van der Waals surface area contributed by atoms with Gasteiger partial charge < -0.3 is 9.84 Å². The SMILES string of the molecule is Cl.O=C(O)C1(CCCCBr)c2ccccc2Oc2ccccc21. The van der Waals surface area contributed by atoms with Gasteiger partial charge in [-0.3, -0.25) is 4.79 Å². The Morgan fingerprint density at radius 1 is 1.00 bits per heavy atom. The van der Waals surface area contributed by atoms with Crippen LogP contribution in [0.2, 0.25) is 0 Å². The van der Waals surface area contributed by atoms with Crippen LogP contribution in [0, 0.1) is 0 Å². The van der Waals surface area contributed by atoms with E-state index < -0.39 is 11.4 Å². The number of hydrogen-bond donors (Lipinski definition) is 1. The number of unbranched alkanes of at least 4 members (excludes halogenated alkanes) is 1. The molecule has 0 saturated carbocycles. The molecule has 2 aromatic rings. The molecule has 0 spiro atoms. The van der Waals surface area contributed by atoms with E-state index in [2.05, 4.69) is 15.9 Å². The molecule has 0 saturated heterocycles. The summed E-state index contributed by atoms with van der Waals surface area (Å²) < 4.78 is 5.92. The van der Waals surface area contributed by atoms with Gasteiger partial charge in [0.2, 0.25) is 0 Å². The van der Waals surface area contributed by atoms with E-state index in [1.54, 1.807) is 0 Å². The Balaban J connectivity index is 0.00000192. The first-order chi connectivity index (χ1) is 10.7. The van der Waals surface area contributed by atoms with Crippen LogP contribution in [0.15, 0.2) is 48.5 Å². The van der Waals surface area contributed by atoms with Gasteiger partial charge >= 0.3 is 5.97 Å². The quantitative estimate of drug-likeness (QED) is 0.560. The van der Waals surface area contributed by atoms with Crippen molar-refractivity contribution in [1.29, 1.82) is 0 Å². The van der Waals surface area contributed by atoms with E-state index in [0.29, 0.717) is 17.9 Å². The van der Waals surface area contributed by atoms with Crippen LogP contribution in [-0.2, 0) is 10.2 Å². The molecule has 3 rings (SSSR count). The van der Waals surface area contributed by atoms with Gasteiger partial charge in [0.25, 0.3) is 0 Å². The highest BCUT2D eigenvalue weighted by atomic mass is 79.9. The zero-order valence-corrected chi connectivity index (χ0v) is 14.9. The van der Waals surface area contributed by atoms with E-state index >= 15 is 0 Å². The molecule has 0 radical (unpaired) electrons. The second-order valence-corrected chi connectivity index (χ2v) is 6.24. The molecule has 0 amide bonds. The van der Waals surface area contributed by atoms with Crippen molar-refractivity contribution >= 4 is 34.3 Å². The molecule has 1 heterocycles. The number of halogens is 2. The maximum Gasteiger partial charge on any atom is 0.318 e. The van der Waals surface area contributed by atoms with Crippen LogP contribution in [0.4, 0.5) is 0 Å². The number of hydrogen-bond acceptors (Lipinski definition) is 2. The second kappa shape index (κ2) is 7.37. The number of benzene rings is 2. The van der Waals surface area contributed by atoms with Crippen LogP contribution in [0.25, 0.3) is 0 Å². The van der Waals surface area contributed by atoms with E-state index in [-0.39, 0.29) is 12.4 Å². The molecule has 0 aliphatic carbocycles. The van der Waals surface area contributed by atoms with Gasteiger partial charge in [0, 0.05) is 16.5 Å². The predicted octanol–water partition coefficient (Wildman–Crippen LogP) is 5.15. The summed E-state index contributed by atoms with van der Waals surface area (Å²) in [5.74, 6) is 0.468. The molecular weight excluding hydrogens is 380 g/mol. The number of fused-ring (bicyclic) bond motifs is 2. The van der Waals surface area contributed by atoms with Crippen molar-refractivity contribution in [2.45, 2.75) is 24.7 Å². The molecule has 1 aliphatic heterocycles. The maximum atomic E-state index is 12.3. The maximum absolute atomic E-state index is 12.3. The highest BCUT2D eigenvalue weighted by Gasteiger charge is 2.47. The van der Waals surface area contributed by atoms with Crippen molar-refractivity contribution in [3.8, 4) is 11.5 Å². The second-order valence-electron chi connectivity index (χ2n) is 5.45. The summed E-state index contributed by atoms with van der Waals surface area (Å²) in [5, 5.41) is 11.0. The molecule has 0 atom stereocenters. The normalized spacial score (nSPS) is 14.0. The fourth-order valence-corrected chi connectivity index (χ4v) is 3.57. The minimum Gasteiger partial charge on any atom is -0.480 e. The fourth-order valence-electron chi connectivity index (χ4n) is 3.17. The van der Waals surface area contributed by atoms with Crippen molar-refractivity contribution in [2.75, 3.05) is 5.33 Å². The lowest BCUT2D eigenvalue weighted by atomic mass is 9.69. The average Bonchev–Trinajstić information content (AvgIpc) is 2.54. The van der Waals surface area contributed by atoms with Gasteiger partial charge in [0.1, 0.15) is 16.9 Å². The number of rotatable bonds is 5. The van der Waals surface area contributed by atoms with Crippen molar-refractivity contribution in [3.05, 3.63) is 59.7 Å². The van der Waals surface area contributed by atoms with Crippen LogP contribution >= 0.6 is 28.3 Å². The third-order valence-corrected chi connectivity index (χ3v) is 4.77. The Morgan fingerprint density at radius 3 is 2.00 bits per heavy atom. The summed E-state index contributed by atoms with van der Waals surface area (Å²) >= 11 is 3.42. The Bertz CT molecular complexity index is 657. The lowest BCUT2D eigenvalue weighted by Gasteiger charge is -2.37. The Morgan fingerprint density at radius 2 is 1.52 bits per heavy atom. The van der Waals surface area contributed by atoms with Gasteiger partial charge in [0.05, 0.1) is 0 Å². The summed E-state index contributed by atoms with van der Waals surface area (Å²) in [4.78, 5) is 12.3. The minimum absolute atomic E-state index is 0. The average molecular weight is 398 g/mol. The molecule has 0 unspecified atom stereocenters. The minimum atomic E-state index is -1.03. The van der Waals surface area contributed by atoms with Gasteiger partial charge in [-0.2, -0.15) is 0 Å². The van der Waals surface area contributed by atoms with Crippen molar-refractivity contribution < 1.29 is 14.6 Å². The highest BCUT2D eigenvalue weighted by Crippen LogP contribution is 2.50. The summed E-state index contributed by atoms with van der Waals surface area (Å²) in [5.41, 5.74) is 0.458. The molecule has 5 heteroatoms. The van der Waals surface area contributed by atoms with Crippen molar-refractivity contribution in [2.24, 2.45) is 0 Å². The molecule has 1 N–H and O–H groups in total. The lowest BCUT2D eigenvalue weighted by Crippen LogP contribution is -2.39. The zero-order chi connectivity index (χ0) is 15.6. The van der Waals surface area contributed by atoms with Crippen LogP contribution < -0.4 is 4.74 Å². The smallest absolute Gasteiger partial charge is 0.318 e. The molecule has 122 valence electrons. The third-order valence-electron chi connectivity index (χ3n) is 4.21. The van der Waals surface area contributed by atoms with E-state index in [4.69, 9.17) is 4.74 Å². The van der Waals surface area contributed by atoms with Gasteiger partial charge in [-0.1, -0.05) is 58.7 Å². The van der Waals surface area contributed by atoms with Gasteiger partial charge in [-0.25, -0.2) is 0 Å². The van der Waals surface area contributed by atoms with E-state index in [0.717, 1.165) is 29.3 Å². The molecule has 0 fully saturated rings. The topological polar surface area (TPSA) is 46.5 Å². The molecule has 2 aromatic carbocycles. The molecule has 0 aromatic heterocycles. The third kappa shape index (κ3) is 2.98. The van der Waals surface area contributed by atoms with Crippen molar-refractivity contribution in [3.63, 3.8) is 0 Å². The first kappa shape index (κ1) is 17.8. The van der Waals surface area contributed by atoms with Gasteiger partial charge in [0.15, 0.2) is 0 Å². The predicted molar refractivity (Wildman–Crippen MR) is 96.3 cm³/mol. The number of alkyl halides is 1. The standard InChI is InChI=1S/C18H17BrO3.ClH/c19-12-6-5-11-18(17(20)21)13-7-1-3-9-15(13)22-16-10-4-2-8-14(16)18;/h1-4,7-10H,5-6,11-12H2,(H,20,21);1H. The summed E-state index contributed by atoms with van der Waals surface area (Å²) in [6.45, 7) is 0. The number of carboxylic acid groups (broad SMARTS) is 1. The summed E-state index contributed by atoms with van der Waals surface area (Å²) in [7, 11) is 0. The Kier molecular flexibility index (Phi) is 5.71. The number of aliphatic carboxylic acids is 1. The fraction of sp³-hybridized carbons (Fsp3) is 0.278. The van der Waals surface area contributed by atoms with Gasteiger partial charge in [-0.15, -0.1) is 12.4 Å². The number of ether oxygens (including phenoxy) is 1. The zero-order valence-electron chi connectivity index (χ0n) is 12.5. The van der Waals surface area contributed by atoms with E-state index in [1.807, 2.05) is 48.5 Å². The Labute approximate surface area is 150 Å². The summed E-state index contributed by atoms with van der Waals surface area (Å²) in [6.07, 6.45) is 2.34. The molecule has 23 heavy (non-hydrogen) atoms. The first-order valence-electron chi connectivity index (χ1n) is 7.36. The highest BCUT2D eigenvalue weighted by molar-refractivity contribution is 9.09. The molecule has 1 aliphatic rings. The number of carbonyl (C=O) groups is 1. The molecule has 0 bridgehead atoms. The van der Waals surface area contributed by atoms with E-state index in [9.17, 15) is 9.90 Å².